The third-order valence-electron chi connectivity index (χ3n) is 1.90. The molecule has 0 fully saturated rings. The summed E-state index contributed by atoms with van der Waals surface area (Å²) in [4.78, 5) is 15.4. The summed E-state index contributed by atoms with van der Waals surface area (Å²) in [7, 11) is 0. The van der Waals surface area contributed by atoms with Gasteiger partial charge in [0.25, 0.3) is 5.91 Å². The van der Waals surface area contributed by atoms with Gasteiger partial charge in [0.15, 0.2) is 5.69 Å². The molecule has 1 heterocycles. The molecule has 1 unspecified atom stereocenters. The van der Waals surface area contributed by atoms with E-state index in [2.05, 4.69) is 10.3 Å². The molecule has 1 atom stereocenters. The summed E-state index contributed by atoms with van der Waals surface area (Å²) in [5.41, 5.74) is 6.16. The van der Waals surface area contributed by atoms with Gasteiger partial charge < -0.3 is 16.2 Å². The van der Waals surface area contributed by atoms with Crippen LogP contribution >= 0.6 is 0 Å². The van der Waals surface area contributed by atoms with Crippen molar-refractivity contribution in [3.8, 4) is 0 Å². The number of hydrogen-bond acceptors (Lipinski definition) is 4. The van der Waals surface area contributed by atoms with E-state index >= 15 is 0 Å². The molecule has 0 aliphatic carbocycles. The molecule has 1 aromatic rings. The summed E-state index contributed by atoms with van der Waals surface area (Å²) in [6.07, 6.45) is 1.60. The molecule has 1 amide bonds. The van der Waals surface area contributed by atoms with E-state index in [9.17, 15) is 4.79 Å². The zero-order valence-corrected chi connectivity index (χ0v) is 8.60. The van der Waals surface area contributed by atoms with Gasteiger partial charge in [-0.25, -0.2) is 4.98 Å². The van der Waals surface area contributed by atoms with Gasteiger partial charge in [-0.15, -0.1) is 0 Å². The van der Waals surface area contributed by atoms with Gasteiger partial charge in [-0.05, 0) is 25.5 Å². The maximum Gasteiger partial charge on any atom is 0.272 e. The molecule has 0 aliphatic heterocycles. The van der Waals surface area contributed by atoms with Gasteiger partial charge in [0.2, 0.25) is 0 Å². The molecule has 1 aromatic heterocycles. The van der Waals surface area contributed by atoms with Crippen LogP contribution in [0.2, 0.25) is 0 Å². The Labute approximate surface area is 88.3 Å². The van der Waals surface area contributed by atoms with E-state index in [0.29, 0.717) is 18.7 Å². The molecule has 5 heteroatoms. The van der Waals surface area contributed by atoms with Gasteiger partial charge in [-0.1, -0.05) is 0 Å². The number of aliphatic hydroxyl groups excluding tert-OH is 1. The highest BCUT2D eigenvalue weighted by molar-refractivity contribution is 5.96. The summed E-state index contributed by atoms with van der Waals surface area (Å²) < 4.78 is 0. The van der Waals surface area contributed by atoms with Gasteiger partial charge in [-0.3, -0.25) is 4.79 Å². The Morgan fingerprint density at radius 1 is 1.73 bits per heavy atom. The Morgan fingerprint density at radius 2 is 2.47 bits per heavy atom. The number of aromatic nitrogens is 1. The Kier molecular flexibility index (Phi) is 4.05. The molecular weight excluding hydrogens is 194 g/mol. The van der Waals surface area contributed by atoms with Gasteiger partial charge in [0.05, 0.1) is 11.8 Å². The van der Waals surface area contributed by atoms with Crippen LogP contribution in [0.3, 0.4) is 0 Å². The van der Waals surface area contributed by atoms with Crippen molar-refractivity contribution in [2.24, 2.45) is 0 Å². The lowest BCUT2D eigenvalue weighted by atomic mass is 10.2. The number of hydrogen-bond donors (Lipinski definition) is 3. The van der Waals surface area contributed by atoms with E-state index in [1.807, 2.05) is 0 Å². The number of rotatable bonds is 4. The van der Waals surface area contributed by atoms with Crippen molar-refractivity contribution in [1.82, 2.24) is 10.3 Å². The SMILES string of the molecule is CC(O)CCNC(=O)c1ncccc1N. The van der Waals surface area contributed by atoms with Gasteiger partial charge >= 0.3 is 0 Å². The zero-order valence-electron chi connectivity index (χ0n) is 8.60. The number of nitrogen functional groups attached to an aromatic ring is 1. The van der Waals surface area contributed by atoms with E-state index in [0.717, 1.165) is 0 Å². The average Bonchev–Trinajstić information content (AvgIpc) is 2.17. The highest BCUT2D eigenvalue weighted by Gasteiger charge is 2.09. The minimum Gasteiger partial charge on any atom is -0.397 e. The van der Waals surface area contributed by atoms with Crippen LogP contribution in [0.15, 0.2) is 18.3 Å². The predicted octanol–water partition coefficient (Wildman–Crippen LogP) is 0.164. The number of carbonyl (C=O) groups is 1. The molecule has 0 aliphatic rings. The second kappa shape index (κ2) is 5.31. The van der Waals surface area contributed by atoms with Crippen molar-refractivity contribution in [2.45, 2.75) is 19.4 Å². The van der Waals surface area contributed by atoms with Crippen LogP contribution in [0.25, 0.3) is 0 Å². The quantitative estimate of drug-likeness (QED) is 0.659. The minimum absolute atomic E-state index is 0.225. The van der Waals surface area contributed by atoms with Crippen molar-refractivity contribution in [2.75, 3.05) is 12.3 Å². The zero-order chi connectivity index (χ0) is 11.3. The van der Waals surface area contributed by atoms with Crippen molar-refractivity contribution in [3.63, 3.8) is 0 Å². The van der Waals surface area contributed by atoms with E-state index < -0.39 is 6.10 Å². The van der Waals surface area contributed by atoms with Crippen molar-refractivity contribution in [3.05, 3.63) is 24.0 Å². The number of anilines is 1. The lowest BCUT2D eigenvalue weighted by Gasteiger charge is -2.07. The fourth-order valence-electron chi connectivity index (χ4n) is 1.09. The smallest absolute Gasteiger partial charge is 0.272 e. The Hall–Kier alpha value is -1.62. The first-order valence-corrected chi connectivity index (χ1v) is 4.78. The van der Waals surface area contributed by atoms with Crippen LogP contribution in [-0.2, 0) is 0 Å². The molecule has 0 saturated carbocycles. The number of carbonyl (C=O) groups excluding carboxylic acids is 1. The van der Waals surface area contributed by atoms with Crippen LogP contribution < -0.4 is 11.1 Å². The predicted molar refractivity (Wildman–Crippen MR) is 57.3 cm³/mol. The second-order valence-electron chi connectivity index (χ2n) is 3.33. The molecule has 5 nitrogen and oxygen atoms in total. The minimum atomic E-state index is -0.425. The highest BCUT2D eigenvalue weighted by Crippen LogP contribution is 2.06. The number of nitrogens with one attached hydrogen (secondary N) is 1. The van der Waals surface area contributed by atoms with Gasteiger partial charge in [0, 0.05) is 12.7 Å². The number of nitrogens with two attached hydrogens (primary N) is 1. The number of amides is 1. The molecule has 0 spiro atoms. The third kappa shape index (κ3) is 3.55. The highest BCUT2D eigenvalue weighted by atomic mass is 16.3. The van der Waals surface area contributed by atoms with Crippen molar-refractivity contribution < 1.29 is 9.90 Å². The molecule has 1 rings (SSSR count). The van der Waals surface area contributed by atoms with E-state index in [1.165, 1.54) is 6.20 Å². The van der Waals surface area contributed by atoms with Crippen molar-refractivity contribution in [1.29, 1.82) is 0 Å². The standard InChI is InChI=1S/C10H15N3O2/c1-7(14)4-6-13-10(15)9-8(11)3-2-5-12-9/h2-3,5,7,14H,4,6,11H2,1H3,(H,13,15). The molecule has 0 saturated heterocycles. The van der Waals surface area contributed by atoms with Crippen molar-refractivity contribution >= 4 is 11.6 Å². The Bertz CT molecular complexity index is 339. The molecule has 82 valence electrons. The molecule has 0 radical (unpaired) electrons. The monoisotopic (exact) mass is 209 g/mol. The Balaban J connectivity index is 2.51. The first-order valence-electron chi connectivity index (χ1n) is 4.78. The number of nitrogens with zero attached hydrogens (tertiary/aromatic N) is 1. The third-order valence-corrected chi connectivity index (χ3v) is 1.90. The lowest BCUT2D eigenvalue weighted by Crippen LogP contribution is -2.28. The van der Waals surface area contributed by atoms with Crippen LogP contribution in [0.4, 0.5) is 5.69 Å². The van der Waals surface area contributed by atoms with E-state index in [1.54, 1.807) is 19.1 Å². The van der Waals surface area contributed by atoms with Crippen LogP contribution in [0, 0.1) is 0 Å². The largest absolute Gasteiger partial charge is 0.397 e. The summed E-state index contributed by atoms with van der Waals surface area (Å²) in [5, 5.41) is 11.6. The maximum atomic E-state index is 11.5. The fourth-order valence-corrected chi connectivity index (χ4v) is 1.09. The summed E-state index contributed by atoms with van der Waals surface area (Å²) >= 11 is 0. The number of pyridine rings is 1. The van der Waals surface area contributed by atoms with E-state index in [4.69, 9.17) is 10.8 Å². The van der Waals surface area contributed by atoms with Crippen LogP contribution in [0.1, 0.15) is 23.8 Å². The molecule has 0 bridgehead atoms. The first kappa shape index (κ1) is 11.5. The average molecular weight is 209 g/mol. The van der Waals surface area contributed by atoms with Crippen LogP contribution in [-0.4, -0.2) is 28.6 Å². The Morgan fingerprint density at radius 3 is 3.07 bits per heavy atom. The lowest BCUT2D eigenvalue weighted by molar-refractivity contribution is 0.0941. The normalized spacial score (nSPS) is 12.1. The number of aliphatic hydroxyl groups is 1. The molecule has 15 heavy (non-hydrogen) atoms. The molecule has 4 N–H and O–H groups in total. The van der Waals surface area contributed by atoms with Crippen LogP contribution in [0.5, 0.6) is 0 Å². The summed E-state index contributed by atoms with van der Waals surface area (Å²) in [6, 6.07) is 3.29. The van der Waals surface area contributed by atoms with Gasteiger partial charge in [-0.2, -0.15) is 0 Å². The summed E-state index contributed by atoms with van der Waals surface area (Å²) in [5.74, 6) is -0.311. The molecule has 0 aromatic carbocycles. The summed E-state index contributed by atoms with van der Waals surface area (Å²) in [6.45, 7) is 2.08. The topological polar surface area (TPSA) is 88.2 Å². The van der Waals surface area contributed by atoms with Gasteiger partial charge in [0.1, 0.15) is 0 Å². The fraction of sp³-hybridized carbons (Fsp3) is 0.400. The van der Waals surface area contributed by atoms with E-state index in [-0.39, 0.29) is 11.6 Å². The maximum absolute atomic E-state index is 11.5. The molecular formula is C10H15N3O2. The first-order chi connectivity index (χ1) is 7.11. The second-order valence-corrected chi connectivity index (χ2v) is 3.33.